The van der Waals surface area contributed by atoms with Gasteiger partial charge in [0.05, 0.1) is 10.6 Å². The molecule has 166 valence electrons. The van der Waals surface area contributed by atoms with Gasteiger partial charge < -0.3 is 5.32 Å². The number of hydrogen-bond donors (Lipinski definition) is 2. The van der Waals surface area contributed by atoms with Crippen LogP contribution >= 0.6 is 11.8 Å². The van der Waals surface area contributed by atoms with E-state index in [1.165, 1.54) is 18.2 Å². The Balaban J connectivity index is 1.53. The SMILES string of the molecule is NS(=O)(=O)c1cccc(NC(=O)CSc2nnc(-c3ccccc3)c(-c3ccccc3)n2)c1. The molecule has 0 aliphatic heterocycles. The fourth-order valence-corrected chi connectivity index (χ4v) is 4.18. The summed E-state index contributed by atoms with van der Waals surface area (Å²) in [6, 6.07) is 25.0. The van der Waals surface area contributed by atoms with Crippen LogP contribution in [0.2, 0.25) is 0 Å². The second kappa shape index (κ2) is 9.90. The third-order valence-electron chi connectivity index (χ3n) is 4.54. The molecular formula is C23H19N5O3S2. The first-order valence-corrected chi connectivity index (χ1v) is 12.3. The van der Waals surface area contributed by atoms with E-state index in [0.717, 1.165) is 22.9 Å². The number of nitrogens with two attached hydrogens (primary N) is 1. The number of aromatic nitrogens is 3. The van der Waals surface area contributed by atoms with Gasteiger partial charge in [-0.05, 0) is 18.2 Å². The van der Waals surface area contributed by atoms with Gasteiger partial charge in [0, 0.05) is 16.8 Å². The average Bonchev–Trinajstić information content (AvgIpc) is 2.83. The number of hydrogen-bond acceptors (Lipinski definition) is 7. The number of primary sulfonamides is 1. The van der Waals surface area contributed by atoms with Crippen molar-refractivity contribution in [2.75, 3.05) is 11.1 Å². The highest BCUT2D eigenvalue weighted by molar-refractivity contribution is 7.99. The van der Waals surface area contributed by atoms with Gasteiger partial charge in [0.2, 0.25) is 21.1 Å². The summed E-state index contributed by atoms with van der Waals surface area (Å²) in [5.74, 6) is -0.330. The van der Waals surface area contributed by atoms with Gasteiger partial charge in [-0.2, -0.15) is 0 Å². The zero-order valence-corrected chi connectivity index (χ0v) is 18.9. The highest BCUT2D eigenvalue weighted by Crippen LogP contribution is 2.29. The van der Waals surface area contributed by atoms with Crippen molar-refractivity contribution >= 4 is 33.4 Å². The van der Waals surface area contributed by atoms with Crippen LogP contribution in [-0.2, 0) is 14.8 Å². The van der Waals surface area contributed by atoms with Crippen molar-refractivity contribution in [3.63, 3.8) is 0 Å². The van der Waals surface area contributed by atoms with Crippen molar-refractivity contribution < 1.29 is 13.2 Å². The van der Waals surface area contributed by atoms with E-state index in [4.69, 9.17) is 5.14 Å². The second-order valence-corrected chi connectivity index (χ2v) is 9.44. The summed E-state index contributed by atoms with van der Waals surface area (Å²) in [7, 11) is -3.86. The lowest BCUT2D eigenvalue weighted by Gasteiger charge is -2.10. The molecule has 8 nitrogen and oxygen atoms in total. The van der Waals surface area contributed by atoms with E-state index >= 15 is 0 Å². The van der Waals surface area contributed by atoms with Crippen molar-refractivity contribution in [1.29, 1.82) is 0 Å². The summed E-state index contributed by atoms with van der Waals surface area (Å²) in [5.41, 5.74) is 3.42. The fraction of sp³-hybridized carbons (Fsp3) is 0.0435. The average molecular weight is 478 g/mol. The summed E-state index contributed by atoms with van der Waals surface area (Å²) in [6.45, 7) is 0. The van der Waals surface area contributed by atoms with E-state index in [-0.39, 0.29) is 16.6 Å². The third-order valence-corrected chi connectivity index (χ3v) is 6.29. The van der Waals surface area contributed by atoms with Crippen LogP contribution in [0.3, 0.4) is 0 Å². The van der Waals surface area contributed by atoms with Gasteiger partial charge in [-0.1, -0.05) is 78.5 Å². The molecule has 0 atom stereocenters. The minimum Gasteiger partial charge on any atom is -0.325 e. The van der Waals surface area contributed by atoms with Gasteiger partial charge in [-0.3, -0.25) is 4.79 Å². The summed E-state index contributed by atoms with van der Waals surface area (Å²) in [6.07, 6.45) is 0. The zero-order chi connectivity index (χ0) is 23.3. The molecule has 4 aromatic rings. The molecule has 3 N–H and O–H groups in total. The predicted octanol–water partition coefficient (Wildman–Crippen LogP) is 3.58. The Morgan fingerprint density at radius 1 is 0.848 bits per heavy atom. The van der Waals surface area contributed by atoms with Gasteiger partial charge >= 0.3 is 0 Å². The minimum atomic E-state index is -3.86. The van der Waals surface area contributed by atoms with Crippen LogP contribution in [0, 0.1) is 0 Å². The molecule has 0 bridgehead atoms. The van der Waals surface area contributed by atoms with Crippen LogP contribution in [0.4, 0.5) is 5.69 Å². The van der Waals surface area contributed by atoms with Crippen LogP contribution in [0.5, 0.6) is 0 Å². The van der Waals surface area contributed by atoms with Crippen LogP contribution < -0.4 is 10.5 Å². The van der Waals surface area contributed by atoms with Crippen molar-refractivity contribution in [3.8, 4) is 22.5 Å². The van der Waals surface area contributed by atoms with E-state index < -0.39 is 10.0 Å². The number of amides is 1. The van der Waals surface area contributed by atoms with Crippen molar-refractivity contribution in [1.82, 2.24) is 15.2 Å². The summed E-state index contributed by atoms with van der Waals surface area (Å²) in [4.78, 5) is 17.0. The Labute approximate surface area is 195 Å². The highest BCUT2D eigenvalue weighted by Gasteiger charge is 2.15. The van der Waals surface area contributed by atoms with E-state index in [0.29, 0.717) is 22.2 Å². The number of nitrogens with zero attached hydrogens (tertiary/aromatic N) is 3. The van der Waals surface area contributed by atoms with Crippen LogP contribution in [0.15, 0.2) is 95.0 Å². The highest BCUT2D eigenvalue weighted by atomic mass is 32.2. The van der Waals surface area contributed by atoms with E-state index in [1.54, 1.807) is 6.07 Å². The van der Waals surface area contributed by atoms with Gasteiger partial charge in [0.25, 0.3) is 0 Å². The topological polar surface area (TPSA) is 128 Å². The normalized spacial score (nSPS) is 11.2. The summed E-state index contributed by atoms with van der Waals surface area (Å²) >= 11 is 1.13. The maximum Gasteiger partial charge on any atom is 0.238 e. The lowest BCUT2D eigenvalue weighted by Crippen LogP contribution is -2.16. The largest absolute Gasteiger partial charge is 0.325 e. The molecule has 0 aliphatic carbocycles. The molecule has 0 fully saturated rings. The maximum absolute atomic E-state index is 12.4. The van der Waals surface area contributed by atoms with Gasteiger partial charge in [-0.25, -0.2) is 18.5 Å². The number of thioether (sulfide) groups is 1. The first-order valence-electron chi connectivity index (χ1n) is 9.81. The van der Waals surface area contributed by atoms with Crippen molar-refractivity contribution in [3.05, 3.63) is 84.9 Å². The number of carbonyl (C=O) groups is 1. The molecule has 0 spiro atoms. The lowest BCUT2D eigenvalue weighted by molar-refractivity contribution is -0.113. The van der Waals surface area contributed by atoms with E-state index in [1.807, 2.05) is 60.7 Å². The van der Waals surface area contributed by atoms with E-state index in [9.17, 15) is 13.2 Å². The first-order chi connectivity index (χ1) is 15.9. The molecule has 0 saturated heterocycles. The molecular weight excluding hydrogens is 458 g/mol. The fourth-order valence-electron chi connectivity index (χ4n) is 3.04. The molecule has 10 heteroatoms. The number of anilines is 1. The molecule has 4 rings (SSSR count). The van der Waals surface area contributed by atoms with Crippen LogP contribution in [-0.4, -0.2) is 35.3 Å². The molecule has 0 aliphatic rings. The Morgan fingerprint density at radius 3 is 2.12 bits per heavy atom. The lowest BCUT2D eigenvalue weighted by atomic mass is 10.0. The summed E-state index contributed by atoms with van der Waals surface area (Å²) in [5, 5.41) is 16.7. The molecule has 1 aromatic heterocycles. The second-order valence-electron chi connectivity index (χ2n) is 6.93. The molecule has 1 heterocycles. The quantitative estimate of drug-likeness (QED) is 0.389. The number of carbonyl (C=O) groups excluding carboxylic acids is 1. The van der Waals surface area contributed by atoms with Crippen molar-refractivity contribution in [2.45, 2.75) is 10.1 Å². The predicted molar refractivity (Wildman–Crippen MR) is 128 cm³/mol. The molecule has 0 unspecified atom stereocenters. The van der Waals surface area contributed by atoms with Gasteiger partial charge in [0.1, 0.15) is 11.4 Å². The number of nitrogens with one attached hydrogen (secondary N) is 1. The van der Waals surface area contributed by atoms with Gasteiger partial charge in [-0.15, -0.1) is 10.2 Å². The number of rotatable bonds is 7. The Hall–Kier alpha value is -3.60. The number of sulfonamides is 1. The third kappa shape index (κ3) is 5.80. The molecule has 3 aromatic carbocycles. The molecule has 0 saturated carbocycles. The molecule has 0 radical (unpaired) electrons. The smallest absolute Gasteiger partial charge is 0.238 e. The van der Waals surface area contributed by atoms with Gasteiger partial charge in [0.15, 0.2) is 0 Å². The minimum absolute atomic E-state index is 0.0141. The van der Waals surface area contributed by atoms with Crippen LogP contribution in [0.1, 0.15) is 0 Å². The van der Waals surface area contributed by atoms with Crippen LogP contribution in [0.25, 0.3) is 22.5 Å². The Kier molecular flexibility index (Phi) is 6.78. The molecule has 1 amide bonds. The Bertz CT molecular complexity index is 1380. The maximum atomic E-state index is 12.4. The monoisotopic (exact) mass is 477 g/mol. The molecule has 33 heavy (non-hydrogen) atoms. The number of benzene rings is 3. The Morgan fingerprint density at radius 2 is 1.48 bits per heavy atom. The standard InChI is InChI=1S/C23H19N5O3S2/c24-33(30,31)19-13-7-12-18(14-19)25-20(29)15-32-23-26-21(16-8-3-1-4-9-16)22(27-28-23)17-10-5-2-6-11-17/h1-14H,15H2,(H,25,29)(H2,24,30,31). The van der Waals surface area contributed by atoms with Crippen molar-refractivity contribution in [2.24, 2.45) is 5.14 Å². The van der Waals surface area contributed by atoms with E-state index in [2.05, 4.69) is 20.5 Å². The first kappa shape index (κ1) is 22.6. The summed E-state index contributed by atoms with van der Waals surface area (Å²) < 4.78 is 23.0. The zero-order valence-electron chi connectivity index (χ0n) is 17.3.